The lowest BCUT2D eigenvalue weighted by atomic mass is 10.0. The molecule has 0 bridgehead atoms. The number of unbranched alkanes of at least 4 members (excludes halogenated alkanes) is 1. The molecule has 9 heteroatoms. The smallest absolute Gasteiger partial charge is 0.247 e. The number of nitrogens with one attached hydrogen (secondary N) is 3. The van der Waals surface area contributed by atoms with Gasteiger partial charge in [-0.3, -0.25) is 14.4 Å². The van der Waals surface area contributed by atoms with Crippen molar-refractivity contribution in [1.82, 2.24) is 10.6 Å². The van der Waals surface area contributed by atoms with E-state index in [4.69, 9.17) is 9.47 Å². The van der Waals surface area contributed by atoms with Gasteiger partial charge in [-0.25, -0.2) is 4.39 Å². The fourth-order valence-corrected chi connectivity index (χ4v) is 4.45. The molecule has 0 radical (unpaired) electrons. The Balaban J connectivity index is 1.31. The summed E-state index contributed by atoms with van der Waals surface area (Å²) in [6, 6.07) is 20.7. The average molecular weight is 574 g/mol. The fraction of sp³-hybridized carbons (Fsp3) is 0.303. The lowest BCUT2D eigenvalue weighted by molar-refractivity contribution is -0.126. The van der Waals surface area contributed by atoms with E-state index in [1.165, 1.54) is 12.1 Å². The molecule has 0 saturated heterocycles. The highest BCUT2D eigenvalue weighted by molar-refractivity contribution is 5.98. The molecule has 42 heavy (non-hydrogen) atoms. The van der Waals surface area contributed by atoms with Gasteiger partial charge in [-0.15, -0.1) is 0 Å². The van der Waals surface area contributed by atoms with Gasteiger partial charge in [-0.05, 0) is 66.6 Å². The van der Waals surface area contributed by atoms with Crippen molar-refractivity contribution < 1.29 is 28.2 Å². The van der Waals surface area contributed by atoms with E-state index in [1.807, 2.05) is 60.7 Å². The van der Waals surface area contributed by atoms with Crippen molar-refractivity contribution >= 4 is 23.4 Å². The first kappa shape index (κ1) is 30.5. The Bertz CT molecular complexity index is 1360. The Morgan fingerprint density at radius 2 is 1.79 bits per heavy atom. The van der Waals surface area contributed by atoms with Crippen LogP contribution in [0.2, 0.25) is 0 Å². The molecule has 0 unspecified atom stereocenters. The normalized spacial score (nSPS) is 15.6. The van der Waals surface area contributed by atoms with Crippen LogP contribution in [0.3, 0.4) is 0 Å². The number of rotatable bonds is 10. The third-order valence-corrected chi connectivity index (χ3v) is 6.69. The highest BCUT2D eigenvalue weighted by Gasteiger charge is 2.22. The molecule has 8 nitrogen and oxygen atoms in total. The van der Waals surface area contributed by atoms with Gasteiger partial charge < -0.3 is 25.4 Å². The van der Waals surface area contributed by atoms with Crippen molar-refractivity contribution in [1.29, 1.82) is 0 Å². The Morgan fingerprint density at radius 1 is 0.976 bits per heavy atom. The summed E-state index contributed by atoms with van der Waals surface area (Å²) in [6.07, 6.45) is 6.18. The minimum Gasteiger partial charge on any atom is -0.487 e. The molecule has 0 fully saturated rings. The quantitative estimate of drug-likeness (QED) is 0.230. The molecule has 3 aromatic carbocycles. The van der Waals surface area contributed by atoms with E-state index in [1.54, 1.807) is 12.1 Å². The van der Waals surface area contributed by atoms with Gasteiger partial charge in [0.1, 0.15) is 30.8 Å². The number of carbonyl (C=O) groups excluding carboxylic acids is 3. The largest absolute Gasteiger partial charge is 0.487 e. The third kappa shape index (κ3) is 9.85. The van der Waals surface area contributed by atoms with Crippen molar-refractivity contribution in [2.24, 2.45) is 0 Å². The maximum Gasteiger partial charge on any atom is 0.247 e. The third-order valence-electron chi connectivity index (χ3n) is 6.69. The van der Waals surface area contributed by atoms with Gasteiger partial charge in [0.25, 0.3) is 0 Å². The monoisotopic (exact) mass is 573 g/mol. The highest BCUT2D eigenvalue weighted by Crippen LogP contribution is 2.31. The number of benzene rings is 3. The van der Waals surface area contributed by atoms with Crippen LogP contribution in [-0.2, 0) is 25.7 Å². The number of hydrogen-bond acceptors (Lipinski definition) is 5. The molecule has 1 atom stereocenters. The summed E-state index contributed by atoms with van der Waals surface area (Å²) in [7, 11) is 0. The summed E-state index contributed by atoms with van der Waals surface area (Å²) in [4.78, 5) is 38.1. The van der Waals surface area contributed by atoms with Crippen molar-refractivity contribution in [3.8, 4) is 16.9 Å². The first-order chi connectivity index (χ1) is 20.5. The SMILES string of the molecule is O=C(COCc1ccc(F)cc1)NCCCC[C@@H]1NC(=O)CCC=CCOc2ccc(-c3ccccc3)cc2NC1=O. The molecule has 0 spiro atoms. The number of hydrogen-bond donors (Lipinski definition) is 3. The summed E-state index contributed by atoms with van der Waals surface area (Å²) >= 11 is 0. The molecule has 0 aromatic heterocycles. The van der Waals surface area contributed by atoms with Crippen LogP contribution in [0.4, 0.5) is 10.1 Å². The van der Waals surface area contributed by atoms with Crippen LogP contribution >= 0.6 is 0 Å². The van der Waals surface area contributed by atoms with Crippen LogP contribution in [0.5, 0.6) is 5.75 Å². The van der Waals surface area contributed by atoms with Crippen molar-refractivity contribution in [2.75, 3.05) is 25.1 Å². The minimum absolute atomic E-state index is 0.112. The van der Waals surface area contributed by atoms with E-state index < -0.39 is 6.04 Å². The molecular weight excluding hydrogens is 537 g/mol. The summed E-state index contributed by atoms with van der Waals surface area (Å²) in [5, 5.41) is 8.64. The van der Waals surface area contributed by atoms with Gasteiger partial charge in [0.05, 0.1) is 12.3 Å². The van der Waals surface area contributed by atoms with Crippen LogP contribution in [0.1, 0.15) is 37.7 Å². The van der Waals surface area contributed by atoms with Crippen molar-refractivity contribution in [3.05, 3.63) is 96.3 Å². The summed E-state index contributed by atoms with van der Waals surface area (Å²) in [5.74, 6) is -0.576. The van der Waals surface area contributed by atoms with Crippen molar-refractivity contribution in [2.45, 2.75) is 44.8 Å². The average Bonchev–Trinajstić information content (AvgIpc) is 3.00. The van der Waals surface area contributed by atoms with E-state index in [9.17, 15) is 18.8 Å². The molecule has 3 N–H and O–H groups in total. The standard InChI is InChI=1S/C33H36FN3O5/c34-27-16-13-24(14-17-27)22-41-23-32(39)35-19-7-6-11-28-33(40)37-29-21-26(25-9-3-1-4-10-25)15-18-30(29)42-20-8-2-5-12-31(38)36-28/h1-4,8-10,13-18,21,28H,5-7,11-12,19-20,22-23H2,(H,35,39)(H,36,38)(H,37,40)/t28-/m0/s1. The predicted molar refractivity (Wildman–Crippen MR) is 159 cm³/mol. The van der Waals surface area contributed by atoms with E-state index in [0.717, 1.165) is 16.7 Å². The molecule has 1 aliphatic heterocycles. The number of halogens is 1. The molecule has 4 rings (SSSR count). The Morgan fingerprint density at radius 3 is 2.60 bits per heavy atom. The summed E-state index contributed by atoms with van der Waals surface area (Å²) in [5.41, 5.74) is 3.24. The molecule has 3 aromatic rings. The topological polar surface area (TPSA) is 106 Å². The first-order valence-electron chi connectivity index (χ1n) is 14.1. The fourth-order valence-electron chi connectivity index (χ4n) is 4.45. The zero-order valence-electron chi connectivity index (χ0n) is 23.4. The van der Waals surface area contributed by atoms with Gasteiger partial charge in [0.2, 0.25) is 17.7 Å². The van der Waals surface area contributed by atoms with E-state index in [-0.39, 0.29) is 43.2 Å². The highest BCUT2D eigenvalue weighted by atomic mass is 19.1. The maximum atomic E-state index is 13.4. The van der Waals surface area contributed by atoms with Crippen molar-refractivity contribution in [3.63, 3.8) is 0 Å². The molecule has 3 amide bonds. The molecule has 0 saturated carbocycles. The Hall–Kier alpha value is -4.50. The number of anilines is 1. The van der Waals surface area contributed by atoms with Crippen LogP contribution in [-0.4, -0.2) is 43.5 Å². The number of fused-ring (bicyclic) bond motifs is 1. The van der Waals surface area contributed by atoms with E-state index >= 15 is 0 Å². The van der Waals surface area contributed by atoms with Crippen LogP contribution in [0, 0.1) is 5.82 Å². The van der Waals surface area contributed by atoms with Gasteiger partial charge in [0, 0.05) is 13.0 Å². The van der Waals surface area contributed by atoms with Crippen LogP contribution < -0.4 is 20.7 Å². The maximum absolute atomic E-state index is 13.4. The van der Waals surface area contributed by atoms with Crippen LogP contribution in [0.15, 0.2) is 84.9 Å². The molecule has 0 aliphatic carbocycles. The number of allylic oxidation sites excluding steroid dienone is 1. The van der Waals surface area contributed by atoms with Crippen LogP contribution in [0.25, 0.3) is 11.1 Å². The second-order valence-corrected chi connectivity index (χ2v) is 9.97. The van der Waals surface area contributed by atoms with Gasteiger partial charge >= 0.3 is 0 Å². The predicted octanol–water partition coefficient (Wildman–Crippen LogP) is 5.15. The van der Waals surface area contributed by atoms with E-state index in [2.05, 4.69) is 16.0 Å². The van der Waals surface area contributed by atoms with E-state index in [0.29, 0.717) is 50.3 Å². The summed E-state index contributed by atoms with van der Waals surface area (Å²) in [6.45, 7) is 0.824. The van der Waals surface area contributed by atoms with Gasteiger partial charge in [-0.2, -0.15) is 0 Å². The molecule has 1 aliphatic rings. The molecular formula is C33H36FN3O5. The number of ether oxygens (including phenoxy) is 2. The number of amides is 3. The first-order valence-corrected chi connectivity index (χ1v) is 14.1. The second kappa shape index (κ2) is 16.1. The lowest BCUT2D eigenvalue weighted by Crippen LogP contribution is -2.43. The second-order valence-electron chi connectivity index (χ2n) is 9.97. The molecule has 1 heterocycles. The molecule has 220 valence electrons. The number of carbonyl (C=O) groups is 3. The van der Waals surface area contributed by atoms with Gasteiger partial charge in [-0.1, -0.05) is 60.7 Å². The Kier molecular flexibility index (Phi) is 11.7. The Labute approximate surface area is 245 Å². The zero-order valence-corrected chi connectivity index (χ0v) is 23.4. The van der Waals surface area contributed by atoms with Gasteiger partial charge in [0.15, 0.2) is 0 Å². The summed E-state index contributed by atoms with van der Waals surface area (Å²) < 4.78 is 24.3. The zero-order chi connectivity index (χ0) is 29.6. The minimum atomic E-state index is -0.745. The lowest BCUT2D eigenvalue weighted by Gasteiger charge is -2.20.